The summed E-state index contributed by atoms with van der Waals surface area (Å²) in [4.78, 5) is 2.72. The van der Waals surface area contributed by atoms with Crippen molar-refractivity contribution in [1.29, 1.82) is 0 Å². The molecular weight excluding hydrogens is 326 g/mol. The fourth-order valence-corrected chi connectivity index (χ4v) is 4.33. The number of rotatable bonds is 7. The molecule has 1 atom stereocenters. The summed E-state index contributed by atoms with van der Waals surface area (Å²) in [5.41, 5.74) is 2.94. The van der Waals surface area contributed by atoms with Crippen molar-refractivity contribution in [3.05, 3.63) is 46.5 Å². The predicted octanol–water partition coefficient (Wildman–Crippen LogP) is 6.85. The summed E-state index contributed by atoms with van der Waals surface area (Å²) in [7, 11) is 0. The molecule has 1 aliphatic rings. The van der Waals surface area contributed by atoms with E-state index in [9.17, 15) is 0 Å². The van der Waals surface area contributed by atoms with E-state index in [1.807, 2.05) is 12.1 Å². The zero-order valence-electron chi connectivity index (χ0n) is 16.8. The van der Waals surface area contributed by atoms with Crippen LogP contribution in [0.1, 0.15) is 72.3 Å². The molecule has 2 heteroatoms. The topological polar surface area (TPSA) is 3.24 Å². The number of piperidine rings is 1. The second-order valence-electron chi connectivity index (χ2n) is 8.67. The van der Waals surface area contributed by atoms with Gasteiger partial charge >= 0.3 is 0 Å². The lowest BCUT2D eigenvalue weighted by atomic mass is 9.78. The van der Waals surface area contributed by atoms with E-state index >= 15 is 0 Å². The van der Waals surface area contributed by atoms with Crippen molar-refractivity contribution in [2.75, 3.05) is 13.1 Å². The summed E-state index contributed by atoms with van der Waals surface area (Å²) in [6, 6.07) is 8.94. The van der Waals surface area contributed by atoms with E-state index in [-0.39, 0.29) is 5.41 Å². The van der Waals surface area contributed by atoms with Crippen LogP contribution in [0.5, 0.6) is 0 Å². The molecule has 1 nitrogen and oxygen atoms in total. The lowest BCUT2D eigenvalue weighted by Crippen LogP contribution is -2.43. The van der Waals surface area contributed by atoms with Gasteiger partial charge in [-0.3, -0.25) is 4.90 Å². The Balaban J connectivity index is 2.10. The number of allylic oxidation sites excluding steroid dienone is 1. The second-order valence-corrected chi connectivity index (χ2v) is 9.11. The Kier molecular flexibility index (Phi) is 7.58. The lowest BCUT2D eigenvalue weighted by molar-refractivity contribution is 0.133. The van der Waals surface area contributed by atoms with Gasteiger partial charge in [-0.05, 0) is 75.2 Å². The highest BCUT2D eigenvalue weighted by Gasteiger charge is 2.30. The Morgan fingerprint density at radius 2 is 1.80 bits per heavy atom. The summed E-state index contributed by atoms with van der Waals surface area (Å²) in [6.07, 6.45) is 9.09. The molecule has 0 saturated carbocycles. The summed E-state index contributed by atoms with van der Waals surface area (Å²) >= 11 is 6.08. The van der Waals surface area contributed by atoms with Crippen LogP contribution in [-0.4, -0.2) is 24.0 Å². The first-order valence-corrected chi connectivity index (χ1v) is 10.3. The van der Waals surface area contributed by atoms with Gasteiger partial charge in [0.1, 0.15) is 0 Å². The van der Waals surface area contributed by atoms with Gasteiger partial charge in [-0.15, -0.1) is 0 Å². The zero-order chi connectivity index (χ0) is 18.4. The molecule has 1 saturated heterocycles. The molecule has 1 unspecified atom stereocenters. The van der Waals surface area contributed by atoms with Crippen LogP contribution in [-0.2, 0) is 5.41 Å². The number of hydrogen-bond acceptors (Lipinski definition) is 1. The highest BCUT2D eigenvalue weighted by atomic mass is 35.5. The van der Waals surface area contributed by atoms with E-state index in [1.54, 1.807) is 0 Å². The second kappa shape index (κ2) is 9.24. The minimum atomic E-state index is 0.140. The summed E-state index contributed by atoms with van der Waals surface area (Å²) in [5, 5.41) is 0.818. The Bertz CT molecular complexity index is 546. The number of benzene rings is 1. The molecule has 1 heterocycles. The maximum atomic E-state index is 6.08. The molecule has 0 aliphatic carbocycles. The van der Waals surface area contributed by atoms with Gasteiger partial charge < -0.3 is 0 Å². The van der Waals surface area contributed by atoms with E-state index < -0.39 is 0 Å². The third kappa shape index (κ3) is 6.15. The number of likely N-dealkylation sites (tertiary alicyclic amines) is 1. The molecule has 0 radical (unpaired) electrons. The van der Waals surface area contributed by atoms with Crippen LogP contribution < -0.4 is 0 Å². The molecule has 1 fully saturated rings. The normalized spacial score (nSPS) is 18.2. The van der Waals surface area contributed by atoms with Crippen molar-refractivity contribution in [3.8, 4) is 0 Å². The SMILES string of the molecule is CCCC1CCN(C(C=C(C)C)CC(C)(C)c2ccc(Cl)cc2)CC1. The molecule has 1 aliphatic heterocycles. The minimum absolute atomic E-state index is 0.140. The maximum absolute atomic E-state index is 6.08. The molecule has 1 aromatic carbocycles. The molecule has 0 amide bonds. The van der Waals surface area contributed by atoms with Gasteiger partial charge in [0.25, 0.3) is 0 Å². The summed E-state index contributed by atoms with van der Waals surface area (Å²) < 4.78 is 0. The van der Waals surface area contributed by atoms with Gasteiger partial charge in [-0.1, -0.05) is 69.0 Å². The summed E-state index contributed by atoms with van der Waals surface area (Å²) in [5.74, 6) is 0.942. The monoisotopic (exact) mass is 361 g/mol. The van der Waals surface area contributed by atoms with Gasteiger partial charge in [-0.25, -0.2) is 0 Å². The van der Waals surface area contributed by atoms with Crippen molar-refractivity contribution in [2.45, 2.75) is 78.2 Å². The Morgan fingerprint density at radius 1 is 1.20 bits per heavy atom. The number of halogens is 1. The lowest BCUT2D eigenvalue weighted by Gasteiger charge is -2.40. The fourth-order valence-electron chi connectivity index (χ4n) is 4.20. The van der Waals surface area contributed by atoms with Crippen molar-refractivity contribution < 1.29 is 0 Å². The first-order valence-electron chi connectivity index (χ1n) is 9.97. The van der Waals surface area contributed by atoms with Crippen molar-refractivity contribution in [1.82, 2.24) is 4.90 Å². The van der Waals surface area contributed by atoms with E-state index in [1.165, 1.54) is 49.9 Å². The average molecular weight is 362 g/mol. The van der Waals surface area contributed by atoms with Crippen LogP contribution in [0.3, 0.4) is 0 Å². The smallest absolute Gasteiger partial charge is 0.0406 e. The Hall–Kier alpha value is -0.790. The first kappa shape index (κ1) is 20.5. The van der Waals surface area contributed by atoms with Crippen molar-refractivity contribution in [3.63, 3.8) is 0 Å². The molecule has 1 aromatic rings. The highest BCUT2D eigenvalue weighted by Crippen LogP contribution is 2.33. The molecule has 0 aromatic heterocycles. The van der Waals surface area contributed by atoms with Crippen LogP contribution in [0.2, 0.25) is 5.02 Å². The number of nitrogens with zero attached hydrogens (tertiary/aromatic N) is 1. The van der Waals surface area contributed by atoms with Crippen LogP contribution in [0, 0.1) is 5.92 Å². The van der Waals surface area contributed by atoms with Crippen LogP contribution in [0.15, 0.2) is 35.9 Å². The Labute approximate surface area is 160 Å². The van der Waals surface area contributed by atoms with Crippen molar-refractivity contribution >= 4 is 11.6 Å². The number of hydrogen-bond donors (Lipinski definition) is 0. The predicted molar refractivity (Wildman–Crippen MR) is 112 cm³/mol. The molecule has 140 valence electrons. The third-order valence-corrected chi connectivity index (χ3v) is 5.94. The van der Waals surface area contributed by atoms with E-state index in [2.05, 4.69) is 57.7 Å². The highest BCUT2D eigenvalue weighted by molar-refractivity contribution is 6.30. The minimum Gasteiger partial charge on any atom is -0.297 e. The molecule has 0 spiro atoms. The van der Waals surface area contributed by atoms with Gasteiger partial charge in [0.15, 0.2) is 0 Å². The molecular formula is C23H36ClN. The van der Waals surface area contributed by atoms with Gasteiger partial charge in [0.05, 0.1) is 0 Å². The maximum Gasteiger partial charge on any atom is 0.0406 e. The summed E-state index contributed by atoms with van der Waals surface area (Å²) in [6.45, 7) is 14.0. The van der Waals surface area contributed by atoms with Gasteiger partial charge in [-0.2, -0.15) is 0 Å². The quantitative estimate of drug-likeness (QED) is 0.479. The largest absolute Gasteiger partial charge is 0.297 e. The standard InChI is InChI=1S/C23H36ClN/c1-6-7-19-12-14-25(15-13-19)22(16-18(2)3)17-23(4,5)20-8-10-21(24)11-9-20/h8-11,16,19,22H,6-7,12-15,17H2,1-5H3. The third-order valence-electron chi connectivity index (χ3n) is 5.69. The van der Waals surface area contributed by atoms with Crippen LogP contribution >= 0.6 is 11.6 Å². The van der Waals surface area contributed by atoms with Crippen molar-refractivity contribution in [2.24, 2.45) is 5.92 Å². The van der Waals surface area contributed by atoms with Gasteiger partial charge in [0, 0.05) is 11.1 Å². The van der Waals surface area contributed by atoms with Crippen LogP contribution in [0.25, 0.3) is 0 Å². The van der Waals surface area contributed by atoms with Gasteiger partial charge in [0.2, 0.25) is 0 Å². The van der Waals surface area contributed by atoms with Crippen LogP contribution in [0.4, 0.5) is 0 Å². The molecule has 25 heavy (non-hydrogen) atoms. The zero-order valence-corrected chi connectivity index (χ0v) is 17.6. The Morgan fingerprint density at radius 3 is 2.32 bits per heavy atom. The average Bonchev–Trinajstić information content (AvgIpc) is 2.55. The molecule has 0 bridgehead atoms. The molecule has 2 rings (SSSR count). The van der Waals surface area contributed by atoms with E-state index in [4.69, 9.17) is 11.6 Å². The fraction of sp³-hybridized carbons (Fsp3) is 0.652. The first-order chi connectivity index (χ1) is 11.8. The van der Waals surface area contributed by atoms with E-state index in [0.717, 1.165) is 17.4 Å². The van der Waals surface area contributed by atoms with E-state index in [0.29, 0.717) is 6.04 Å². The molecule has 0 N–H and O–H groups in total.